The number of benzene rings is 1. The molecule has 1 amide bonds. The van der Waals surface area contributed by atoms with Gasteiger partial charge in [0.1, 0.15) is 5.82 Å². The second-order valence-corrected chi connectivity index (χ2v) is 8.48. The van der Waals surface area contributed by atoms with Crippen molar-refractivity contribution in [3.05, 3.63) is 51.8 Å². The number of aromatic nitrogens is 4. The fourth-order valence-corrected chi connectivity index (χ4v) is 4.33. The van der Waals surface area contributed by atoms with Crippen LogP contribution in [0.1, 0.15) is 37.2 Å². The van der Waals surface area contributed by atoms with Crippen molar-refractivity contribution in [2.24, 2.45) is 5.92 Å². The van der Waals surface area contributed by atoms with Crippen molar-refractivity contribution in [1.82, 2.24) is 25.1 Å². The van der Waals surface area contributed by atoms with Crippen LogP contribution < -0.4 is 10.2 Å². The molecule has 3 aromatic rings. The number of nitrogens with one attached hydrogen (secondary N) is 1. The molecule has 1 fully saturated rings. The van der Waals surface area contributed by atoms with Crippen molar-refractivity contribution in [2.75, 3.05) is 18.0 Å². The maximum atomic E-state index is 13.1. The molecule has 4 rings (SSSR count). The average Bonchev–Trinajstić information content (AvgIpc) is 3.17. The number of halogens is 5. The molecule has 1 aliphatic heterocycles. The van der Waals surface area contributed by atoms with Gasteiger partial charge in [-0.25, -0.2) is 0 Å². The van der Waals surface area contributed by atoms with Crippen LogP contribution in [0.3, 0.4) is 0 Å². The molecule has 0 radical (unpaired) electrons. The lowest BCUT2D eigenvalue weighted by molar-refractivity contribution is -0.146. The van der Waals surface area contributed by atoms with Crippen LogP contribution in [0.2, 0.25) is 10.0 Å². The Morgan fingerprint density at radius 1 is 1.16 bits per heavy atom. The summed E-state index contributed by atoms with van der Waals surface area (Å²) in [7, 11) is 0. The summed E-state index contributed by atoms with van der Waals surface area (Å²) in [6, 6.07) is 7.89. The van der Waals surface area contributed by atoms with Crippen molar-refractivity contribution in [3.8, 4) is 0 Å². The van der Waals surface area contributed by atoms with Gasteiger partial charge in [-0.05, 0) is 49.6 Å². The summed E-state index contributed by atoms with van der Waals surface area (Å²) in [6.45, 7) is 2.81. The number of carbonyl (C=O) groups is 1. The van der Waals surface area contributed by atoms with E-state index >= 15 is 0 Å². The first-order chi connectivity index (χ1) is 15.1. The Balaban J connectivity index is 1.40. The number of anilines is 1. The van der Waals surface area contributed by atoms with Gasteiger partial charge >= 0.3 is 6.18 Å². The van der Waals surface area contributed by atoms with Crippen molar-refractivity contribution in [2.45, 2.75) is 32.0 Å². The fraction of sp³-hybridized carbons (Fsp3) is 0.400. The molecule has 170 valence electrons. The molecule has 1 atom stereocenters. The Morgan fingerprint density at radius 2 is 1.88 bits per heavy atom. The van der Waals surface area contributed by atoms with E-state index in [1.165, 1.54) is 6.07 Å². The molecule has 0 spiro atoms. The Kier molecular flexibility index (Phi) is 6.17. The topological polar surface area (TPSA) is 75.4 Å². The van der Waals surface area contributed by atoms with E-state index in [1.54, 1.807) is 24.3 Å². The molecule has 1 aromatic carbocycles. The molecule has 12 heteroatoms. The van der Waals surface area contributed by atoms with Crippen LogP contribution in [0.25, 0.3) is 5.65 Å². The number of hydrogen-bond donors (Lipinski definition) is 1. The van der Waals surface area contributed by atoms with Crippen molar-refractivity contribution in [1.29, 1.82) is 0 Å². The zero-order valence-electron chi connectivity index (χ0n) is 16.9. The number of alkyl halides is 3. The van der Waals surface area contributed by atoms with Crippen LogP contribution in [-0.2, 0) is 11.0 Å². The molecule has 7 nitrogen and oxygen atoms in total. The minimum Gasteiger partial charge on any atom is -0.355 e. The highest BCUT2D eigenvalue weighted by atomic mass is 35.5. The quantitative estimate of drug-likeness (QED) is 0.585. The molecule has 1 saturated heterocycles. The monoisotopic (exact) mass is 486 g/mol. The van der Waals surface area contributed by atoms with Gasteiger partial charge < -0.3 is 10.2 Å². The van der Waals surface area contributed by atoms with E-state index in [2.05, 4.69) is 20.6 Å². The standard InChI is InChI=1S/C20H19Cl2F3N6O/c1-11(14-3-2-13(21)10-15(14)22)26-18(32)12-6-8-30(9-7-12)17-5-4-16-27-28-19(20(23,24)25)31(16)29-17/h2-5,10-12H,6-9H2,1H3,(H,26,32)/t11-/m0/s1. The van der Waals surface area contributed by atoms with Gasteiger partial charge in [-0.3, -0.25) is 4.79 Å². The summed E-state index contributed by atoms with van der Waals surface area (Å²) in [5.41, 5.74) is 0.791. The van der Waals surface area contributed by atoms with Crippen molar-refractivity contribution >= 4 is 40.6 Å². The van der Waals surface area contributed by atoms with E-state index in [0.717, 1.165) is 5.56 Å². The molecule has 0 bridgehead atoms. The number of nitrogens with zero attached hydrogens (tertiary/aromatic N) is 5. The molecular weight excluding hydrogens is 468 g/mol. The van der Waals surface area contributed by atoms with Crippen LogP contribution in [0.4, 0.5) is 19.0 Å². The lowest BCUT2D eigenvalue weighted by atomic mass is 9.95. The van der Waals surface area contributed by atoms with Gasteiger partial charge in [-0.2, -0.15) is 17.7 Å². The predicted molar refractivity (Wildman–Crippen MR) is 114 cm³/mol. The molecule has 0 aliphatic carbocycles. The fourth-order valence-electron chi connectivity index (χ4n) is 3.76. The van der Waals surface area contributed by atoms with Gasteiger partial charge in [-0.1, -0.05) is 29.3 Å². The third-order valence-electron chi connectivity index (χ3n) is 5.48. The highest BCUT2D eigenvalue weighted by Gasteiger charge is 2.38. The Hall–Kier alpha value is -2.59. The zero-order valence-corrected chi connectivity index (χ0v) is 18.4. The third kappa shape index (κ3) is 4.61. The first-order valence-corrected chi connectivity index (χ1v) is 10.7. The van der Waals surface area contributed by atoms with Gasteiger partial charge in [0.25, 0.3) is 5.82 Å². The van der Waals surface area contributed by atoms with Crippen molar-refractivity contribution in [3.63, 3.8) is 0 Å². The van der Waals surface area contributed by atoms with Gasteiger partial charge in [0, 0.05) is 29.1 Å². The number of rotatable bonds is 4. The van der Waals surface area contributed by atoms with Gasteiger partial charge in [-0.15, -0.1) is 15.3 Å². The van der Waals surface area contributed by atoms with E-state index in [-0.39, 0.29) is 23.5 Å². The maximum Gasteiger partial charge on any atom is 0.453 e. The summed E-state index contributed by atoms with van der Waals surface area (Å²) in [6.07, 6.45) is -3.57. The average molecular weight is 487 g/mol. The van der Waals surface area contributed by atoms with Crippen LogP contribution in [-0.4, -0.2) is 38.8 Å². The third-order valence-corrected chi connectivity index (χ3v) is 6.04. The van der Waals surface area contributed by atoms with Gasteiger partial charge in [0.2, 0.25) is 5.91 Å². The Morgan fingerprint density at radius 3 is 2.53 bits per heavy atom. The normalized spacial score (nSPS) is 16.4. The summed E-state index contributed by atoms with van der Waals surface area (Å²) >= 11 is 12.1. The lowest BCUT2D eigenvalue weighted by Gasteiger charge is -2.32. The second-order valence-electron chi connectivity index (χ2n) is 7.64. The van der Waals surface area contributed by atoms with E-state index in [9.17, 15) is 18.0 Å². The van der Waals surface area contributed by atoms with E-state index in [4.69, 9.17) is 23.2 Å². The van der Waals surface area contributed by atoms with Crippen LogP contribution in [0.15, 0.2) is 30.3 Å². The maximum absolute atomic E-state index is 13.1. The highest BCUT2D eigenvalue weighted by Crippen LogP contribution is 2.30. The number of hydrogen-bond acceptors (Lipinski definition) is 5. The minimum atomic E-state index is -4.65. The van der Waals surface area contributed by atoms with Crippen molar-refractivity contribution < 1.29 is 18.0 Å². The molecule has 2 aromatic heterocycles. The van der Waals surface area contributed by atoms with Gasteiger partial charge in [0.15, 0.2) is 5.65 Å². The van der Waals surface area contributed by atoms with Gasteiger partial charge in [0.05, 0.1) is 6.04 Å². The Bertz CT molecular complexity index is 1140. The molecule has 0 unspecified atom stereocenters. The molecule has 1 aliphatic rings. The van der Waals surface area contributed by atoms with Crippen LogP contribution in [0, 0.1) is 5.92 Å². The van der Waals surface area contributed by atoms with Crippen LogP contribution >= 0.6 is 23.2 Å². The molecule has 3 heterocycles. The number of amides is 1. The summed E-state index contributed by atoms with van der Waals surface area (Å²) in [5, 5.41) is 14.8. The number of fused-ring (bicyclic) bond motifs is 1. The van der Waals surface area contributed by atoms with E-state index < -0.39 is 12.0 Å². The largest absolute Gasteiger partial charge is 0.453 e. The molecule has 1 N–H and O–H groups in total. The highest BCUT2D eigenvalue weighted by molar-refractivity contribution is 6.35. The zero-order chi connectivity index (χ0) is 23.0. The summed E-state index contributed by atoms with van der Waals surface area (Å²) in [4.78, 5) is 14.6. The molecule has 0 saturated carbocycles. The lowest BCUT2D eigenvalue weighted by Crippen LogP contribution is -2.41. The molecular formula is C20H19Cl2F3N6O. The minimum absolute atomic E-state index is 0.0187. The van der Waals surface area contributed by atoms with E-state index in [0.29, 0.717) is 46.3 Å². The number of piperidine rings is 1. The Labute approximate surface area is 191 Å². The SMILES string of the molecule is C[C@H](NC(=O)C1CCN(c2ccc3nnc(C(F)(F)F)n3n2)CC1)c1ccc(Cl)cc1Cl. The van der Waals surface area contributed by atoms with E-state index in [1.807, 2.05) is 11.8 Å². The first-order valence-electron chi connectivity index (χ1n) is 9.93. The predicted octanol–water partition coefficient (Wildman–Crippen LogP) is 4.54. The molecule has 32 heavy (non-hydrogen) atoms. The second kappa shape index (κ2) is 8.74. The van der Waals surface area contributed by atoms with Crippen LogP contribution in [0.5, 0.6) is 0 Å². The number of carbonyl (C=O) groups excluding carboxylic acids is 1. The summed E-state index contributed by atoms with van der Waals surface area (Å²) in [5.74, 6) is -1.10. The summed E-state index contributed by atoms with van der Waals surface area (Å²) < 4.78 is 40.0. The smallest absolute Gasteiger partial charge is 0.355 e. The first kappa shape index (κ1) is 22.6.